The van der Waals surface area contributed by atoms with Gasteiger partial charge in [0.05, 0.1) is 31.3 Å². The van der Waals surface area contributed by atoms with E-state index < -0.39 is 75.2 Å². The third-order valence-electron chi connectivity index (χ3n) is 10.2. The number of amides is 1. The fourth-order valence-corrected chi connectivity index (χ4v) is 7.56. The van der Waals surface area contributed by atoms with Gasteiger partial charge in [-0.3, -0.25) is 13.8 Å². The van der Waals surface area contributed by atoms with E-state index in [9.17, 15) is 50.0 Å². The van der Waals surface area contributed by atoms with Gasteiger partial charge in [0, 0.05) is 0 Å². The van der Waals surface area contributed by atoms with Gasteiger partial charge in [-0.05, 0) is 51.4 Å². The number of hydrogen-bond acceptors (Lipinski definition) is 11. The number of aliphatic hydroxyl groups is 7. The van der Waals surface area contributed by atoms with Gasteiger partial charge >= 0.3 is 7.82 Å². The number of nitrogens with one attached hydrogen (secondary N) is 1. The highest BCUT2D eigenvalue weighted by molar-refractivity contribution is 7.47. The number of unbranched alkanes of at least 4 members (excludes halogenated alkanes) is 17. The van der Waals surface area contributed by atoms with Gasteiger partial charge in [-0.2, -0.15) is 0 Å². The second-order valence-corrected chi connectivity index (χ2v) is 16.8. The van der Waals surface area contributed by atoms with Crippen LogP contribution in [0.4, 0.5) is 0 Å². The third-order valence-corrected chi connectivity index (χ3v) is 11.2. The molecule has 8 unspecified atom stereocenters. The normalized spacial score (nSPS) is 24.5. The summed E-state index contributed by atoms with van der Waals surface area (Å²) in [5.41, 5.74) is 0. The first-order valence-corrected chi connectivity index (χ1v) is 23.0. The summed E-state index contributed by atoms with van der Waals surface area (Å²) in [4.78, 5) is 23.3. The molecule has 0 aromatic heterocycles. The summed E-state index contributed by atoms with van der Waals surface area (Å²) in [6.07, 6.45) is 21.3. The van der Waals surface area contributed by atoms with Crippen molar-refractivity contribution in [3.05, 3.63) is 36.5 Å². The minimum absolute atomic E-state index is 0.269. The van der Waals surface area contributed by atoms with Crippen molar-refractivity contribution in [3.63, 3.8) is 0 Å². The van der Waals surface area contributed by atoms with Crippen LogP contribution in [0.2, 0.25) is 0 Å². The van der Waals surface area contributed by atoms with Gasteiger partial charge in [-0.15, -0.1) is 0 Å². The van der Waals surface area contributed by atoms with Crippen LogP contribution in [-0.2, 0) is 18.4 Å². The van der Waals surface area contributed by atoms with Gasteiger partial charge in [0.1, 0.15) is 36.6 Å². The van der Waals surface area contributed by atoms with Crippen molar-refractivity contribution < 1.29 is 59.0 Å². The first-order valence-electron chi connectivity index (χ1n) is 21.5. The number of carbonyl (C=O) groups is 1. The third kappa shape index (κ3) is 24.4. The number of phosphoric acid groups is 1. The molecule has 0 heterocycles. The highest BCUT2D eigenvalue weighted by atomic mass is 31.2. The van der Waals surface area contributed by atoms with Crippen molar-refractivity contribution in [1.82, 2.24) is 5.32 Å². The second kappa shape index (κ2) is 32.4. The fourth-order valence-electron chi connectivity index (χ4n) is 6.59. The van der Waals surface area contributed by atoms with Crippen LogP contribution in [0.25, 0.3) is 0 Å². The Kier molecular flexibility index (Phi) is 30.4. The Morgan fingerprint density at radius 1 is 0.625 bits per heavy atom. The number of hydrogen-bond donors (Lipinski definition) is 9. The maximum atomic E-state index is 12.9. The Labute approximate surface area is 336 Å². The van der Waals surface area contributed by atoms with Crippen LogP contribution in [0.15, 0.2) is 36.5 Å². The molecule has 328 valence electrons. The molecule has 56 heavy (non-hydrogen) atoms. The lowest BCUT2D eigenvalue weighted by Gasteiger charge is -2.41. The van der Waals surface area contributed by atoms with Crippen molar-refractivity contribution in [2.75, 3.05) is 6.61 Å². The van der Waals surface area contributed by atoms with Crippen LogP contribution in [-0.4, -0.2) is 108 Å². The average molecular weight is 820 g/mol. The molecule has 0 saturated heterocycles. The molecule has 0 aromatic carbocycles. The Morgan fingerprint density at radius 3 is 1.62 bits per heavy atom. The van der Waals surface area contributed by atoms with Crippen LogP contribution < -0.4 is 5.32 Å². The van der Waals surface area contributed by atoms with E-state index in [4.69, 9.17) is 9.05 Å². The molecule has 1 aliphatic rings. The predicted molar refractivity (Wildman–Crippen MR) is 220 cm³/mol. The number of carbonyl (C=O) groups excluding carboxylic acids is 1. The molecule has 0 bridgehead atoms. The molecule has 14 heteroatoms. The minimum atomic E-state index is -5.14. The van der Waals surface area contributed by atoms with Crippen molar-refractivity contribution in [2.45, 2.75) is 216 Å². The standard InChI is InChI=1S/C42H78NO12P/c1-3-5-7-9-11-13-14-15-16-17-18-19-20-21-22-24-26-28-30-35(45)34(43-36(46)31-33(44)29-27-25-23-12-10-8-6-4-2)32-54-56(52,53)55-42-40(50)38(48)37(47)39(49)41(42)51/h10,12,21-22,28,30,33-35,37-42,44-45,47-51H,3-9,11,13-20,23-27,29,31-32H2,1-2H3,(H,43,46)(H,52,53)/b12-10-,22-21+,30-28+. The average Bonchev–Trinajstić information content (AvgIpc) is 3.17. The largest absolute Gasteiger partial charge is 0.472 e. The highest BCUT2D eigenvalue weighted by Gasteiger charge is 2.51. The predicted octanol–water partition coefficient (Wildman–Crippen LogP) is 6.19. The monoisotopic (exact) mass is 820 g/mol. The number of allylic oxidation sites excluding steroid dienone is 5. The zero-order valence-corrected chi connectivity index (χ0v) is 35.2. The maximum Gasteiger partial charge on any atom is 0.472 e. The lowest BCUT2D eigenvalue weighted by Crippen LogP contribution is -2.64. The van der Waals surface area contributed by atoms with Crippen molar-refractivity contribution >= 4 is 13.7 Å². The summed E-state index contributed by atoms with van der Waals surface area (Å²) in [5.74, 6) is -0.620. The van der Waals surface area contributed by atoms with E-state index >= 15 is 0 Å². The van der Waals surface area contributed by atoms with E-state index in [1.54, 1.807) is 6.08 Å². The topological polar surface area (TPSA) is 226 Å². The molecular weight excluding hydrogens is 741 g/mol. The van der Waals surface area contributed by atoms with E-state index in [1.165, 1.54) is 76.7 Å². The van der Waals surface area contributed by atoms with E-state index in [-0.39, 0.29) is 6.42 Å². The zero-order chi connectivity index (χ0) is 41.6. The number of rotatable bonds is 34. The zero-order valence-electron chi connectivity index (χ0n) is 34.3. The van der Waals surface area contributed by atoms with Gasteiger partial charge in [-0.1, -0.05) is 140 Å². The van der Waals surface area contributed by atoms with E-state index in [0.29, 0.717) is 19.3 Å². The van der Waals surface area contributed by atoms with Crippen molar-refractivity contribution in [1.29, 1.82) is 0 Å². The molecule has 8 atom stereocenters. The summed E-state index contributed by atoms with van der Waals surface area (Å²) in [5, 5.41) is 74.1. The maximum absolute atomic E-state index is 12.9. The molecule has 1 rings (SSSR count). The molecule has 1 amide bonds. The molecular formula is C42H78NO12P. The van der Waals surface area contributed by atoms with Gasteiger partial charge in [0.2, 0.25) is 5.91 Å². The molecule has 0 spiro atoms. The molecule has 0 aromatic rings. The van der Waals surface area contributed by atoms with Crippen LogP contribution in [0.1, 0.15) is 162 Å². The van der Waals surface area contributed by atoms with Gasteiger partial charge in [0.15, 0.2) is 0 Å². The summed E-state index contributed by atoms with van der Waals surface area (Å²) < 4.78 is 22.7. The minimum Gasteiger partial charge on any atom is -0.393 e. The van der Waals surface area contributed by atoms with Gasteiger partial charge < -0.3 is 46.0 Å². The SMILES string of the molecule is CCCC/C=C\CCCCC(O)CC(=O)NC(COP(=O)(O)OC1C(O)C(O)C(O)C(O)C1O)C(O)/C=C/CC/C=C/CCCCCCCCCCCCCC. The van der Waals surface area contributed by atoms with E-state index in [2.05, 4.69) is 43.5 Å². The first-order chi connectivity index (χ1) is 26.8. The van der Waals surface area contributed by atoms with Gasteiger partial charge in [-0.25, -0.2) is 4.57 Å². The number of phosphoric ester groups is 1. The van der Waals surface area contributed by atoms with Crippen LogP contribution in [0, 0.1) is 0 Å². The summed E-state index contributed by atoms with van der Waals surface area (Å²) in [7, 11) is -5.14. The molecule has 9 N–H and O–H groups in total. The Bertz CT molecular complexity index is 1110. The smallest absolute Gasteiger partial charge is 0.393 e. The summed E-state index contributed by atoms with van der Waals surface area (Å²) >= 11 is 0. The van der Waals surface area contributed by atoms with E-state index in [1.807, 2.05) is 0 Å². The molecule has 1 aliphatic carbocycles. The summed E-state index contributed by atoms with van der Waals surface area (Å²) in [6.45, 7) is 3.63. The van der Waals surface area contributed by atoms with Crippen LogP contribution >= 0.6 is 7.82 Å². The summed E-state index contributed by atoms with van der Waals surface area (Å²) in [6, 6.07) is -1.26. The van der Waals surface area contributed by atoms with Crippen molar-refractivity contribution in [3.8, 4) is 0 Å². The van der Waals surface area contributed by atoms with Crippen LogP contribution in [0.5, 0.6) is 0 Å². The lowest BCUT2D eigenvalue weighted by atomic mass is 9.85. The first kappa shape index (κ1) is 52.5. The van der Waals surface area contributed by atoms with Crippen LogP contribution in [0.3, 0.4) is 0 Å². The van der Waals surface area contributed by atoms with E-state index in [0.717, 1.165) is 51.4 Å². The molecule has 0 radical (unpaired) electrons. The van der Waals surface area contributed by atoms with Gasteiger partial charge in [0.25, 0.3) is 0 Å². The van der Waals surface area contributed by atoms with Crippen molar-refractivity contribution in [2.24, 2.45) is 0 Å². The fraction of sp³-hybridized carbons (Fsp3) is 0.833. The lowest BCUT2D eigenvalue weighted by molar-refractivity contribution is -0.220. The molecule has 13 nitrogen and oxygen atoms in total. The molecule has 0 aliphatic heterocycles. The Hall–Kier alpha value is -1.48. The number of aliphatic hydroxyl groups excluding tert-OH is 7. The Morgan fingerprint density at radius 2 is 1.07 bits per heavy atom. The quantitative estimate of drug-likeness (QED) is 0.0201. The Balaban J connectivity index is 2.61. The molecule has 1 fully saturated rings. The highest BCUT2D eigenvalue weighted by Crippen LogP contribution is 2.47. The second-order valence-electron chi connectivity index (χ2n) is 15.4. The molecule has 1 saturated carbocycles.